The van der Waals surface area contributed by atoms with Crippen molar-refractivity contribution in [1.29, 1.82) is 0 Å². The number of nitrogens with zero attached hydrogens (tertiary/aromatic N) is 2. The van der Waals surface area contributed by atoms with E-state index in [1.807, 2.05) is 0 Å². The van der Waals surface area contributed by atoms with Crippen molar-refractivity contribution in [2.45, 2.75) is 20.3 Å². The second kappa shape index (κ2) is 4.99. The number of nitro groups is 1. The first-order valence-corrected chi connectivity index (χ1v) is 6.10. The summed E-state index contributed by atoms with van der Waals surface area (Å²) < 4.78 is 14.0. The Balaban J connectivity index is 2.44. The van der Waals surface area contributed by atoms with Crippen molar-refractivity contribution >= 4 is 17.5 Å². The van der Waals surface area contributed by atoms with E-state index < -0.39 is 22.2 Å². The predicted molar refractivity (Wildman–Crippen MR) is 67.6 cm³/mol. The van der Waals surface area contributed by atoms with E-state index in [4.69, 9.17) is 0 Å². The van der Waals surface area contributed by atoms with E-state index >= 15 is 0 Å². The molecule has 0 N–H and O–H groups in total. The molecule has 1 unspecified atom stereocenters. The van der Waals surface area contributed by atoms with Crippen LogP contribution < -0.4 is 0 Å². The van der Waals surface area contributed by atoms with Crippen molar-refractivity contribution in [3.8, 4) is 0 Å². The molecule has 1 aliphatic heterocycles. The highest BCUT2D eigenvalue weighted by Crippen LogP contribution is 2.25. The number of amides is 2. The molecule has 1 saturated heterocycles. The maximum atomic E-state index is 14.0. The number of carbonyl (C=O) groups is 2. The number of imide groups is 1. The molecule has 1 aliphatic rings. The number of non-ortho nitro benzene ring substituents is 1. The standard InChI is InChI=1S/C13H13FN2O4/c1-7-3-11(17)15(6-7)13(18)10-5-9(16(19)20)4-8(2)12(10)14/h4-5,7H,3,6H2,1-2H3. The fourth-order valence-corrected chi connectivity index (χ4v) is 2.24. The smallest absolute Gasteiger partial charge is 0.270 e. The summed E-state index contributed by atoms with van der Waals surface area (Å²) in [4.78, 5) is 34.9. The molecule has 2 amide bonds. The molecule has 0 saturated carbocycles. The monoisotopic (exact) mass is 280 g/mol. The van der Waals surface area contributed by atoms with Crippen LogP contribution in [-0.2, 0) is 4.79 Å². The van der Waals surface area contributed by atoms with Crippen molar-refractivity contribution in [3.63, 3.8) is 0 Å². The third-order valence-corrected chi connectivity index (χ3v) is 3.24. The molecular formula is C13H13FN2O4. The van der Waals surface area contributed by atoms with Crippen LogP contribution in [0.3, 0.4) is 0 Å². The fraction of sp³-hybridized carbons (Fsp3) is 0.385. The van der Waals surface area contributed by atoms with Crippen LogP contribution >= 0.6 is 0 Å². The summed E-state index contributed by atoms with van der Waals surface area (Å²) in [5.41, 5.74) is -0.798. The summed E-state index contributed by atoms with van der Waals surface area (Å²) in [5, 5.41) is 10.8. The zero-order valence-corrected chi connectivity index (χ0v) is 11.1. The van der Waals surface area contributed by atoms with Crippen molar-refractivity contribution < 1.29 is 18.9 Å². The molecule has 1 fully saturated rings. The van der Waals surface area contributed by atoms with E-state index in [0.29, 0.717) is 0 Å². The molecule has 0 aliphatic carbocycles. The topological polar surface area (TPSA) is 80.5 Å². The summed E-state index contributed by atoms with van der Waals surface area (Å²) in [6.07, 6.45) is 0.223. The second-order valence-electron chi connectivity index (χ2n) is 5.00. The maximum absolute atomic E-state index is 14.0. The summed E-state index contributed by atoms with van der Waals surface area (Å²) >= 11 is 0. The largest absolute Gasteiger partial charge is 0.278 e. The Morgan fingerprint density at radius 1 is 1.50 bits per heavy atom. The van der Waals surface area contributed by atoms with Gasteiger partial charge in [0.15, 0.2) is 0 Å². The number of nitro benzene ring substituents is 1. The van der Waals surface area contributed by atoms with E-state index in [9.17, 15) is 24.1 Å². The Kier molecular flexibility index (Phi) is 3.52. The highest BCUT2D eigenvalue weighted by molar-refractivity contribution is 6.06. The third kappa shape index (κ3) is 2.38. The first-order valence-electron chi connectivity index (χ1n) is 6.10. The summed E-state index contributed by atoms with van der Waals surface area (Å²) in [7, 11) is 0. The minimum Gasteiger partial charge on any atom is -0.278 e. The number of benzene rings is 1. The molecule has 1 aromatic carbocycles. The molecule has 0 bridgehead atoms. The summed E-state index contributed by atoms with van der Waals surface area (Å²) in [6.45, 7) is 3.35. The van der Waals surface area contributed by atoms with Gasteiger partial charge in [0.05, 0.1) is 10.5 Å². The van der Waals surface area contributed by atoms with Gasteiger partial charge in [-0.2, -0.15) is 0 Å². The first kappa shape index (κ1) is 14.1. The second-order valence-corrected chi connectivity index (χ2v) is 5.00. The van der Waals surface area contributed by atoms with Crippen molar-refractivity contribution in [2.24, 2.45) is 5.92 Å². The molecule has 1 atom stereocenters. The normalized spacial score (nSPS) is 18.4. The number of halogens is 1. The number of hydrogen-bond donors (Lipinski definition) is 0. The number of aryl methyl sites for hydroxylation is 1. The van der Waals surface area contributed by atoms with E-state index in [2.05, 4.69) is 0 Å². The van der Waals surface area contributed by atoms with Crippen LogP contribution in [0.5, 0.6) is 0 Å². The van der Waals surface area contributed by atoms with E-state index in [1.54, 1.807) is 6.92 Å². The van der Waals surface area contributed by atoms with Gasteiger partial charge < -0.3 is 0 Å². The average Bonchev–Trinajstić information content (AvgIpc) is 2.70. The SMILES string of the molecule is Cc1cc([N+](=O)[O-])cc(C(=O)N2CC(C)CC2=O)c1F. The Morgan fingerprint density at radius 3 is 2.65 bits per heavy atom. The van der Waals surface area contributed by atoms with Crippen LogP contribution in [-0.4, -0.2) is 28.2 Å². The summed E-state index contributed by atoms with van der Waals surface area (Å²) in [5.74, 6) is -2.02. The lowest BCUT2D eigenvalue weighted by Crippen LogP contribution is -2.33. The Bertz CT molecular complexity index is 615. The van der Waals surface area contributed by atoms with Gasteiger partial charge in [-0.05, 0) is 18.4 Å². The number of likely N-dealkylation sites (tertiary alicyclic amines) is 1. The van der Waals surface area contributed by atoms with Crippen molar-refractivity contribution in [3.05, 3.63) is 39.2 Å². The minimum atomic E-state index is -0.826. The van der Waals surface area contributed by atoms with E-state index in [0.717, 1.165) is 17.0 Å². The molecule has 0 aromatic heterocycles. The highest BCUT2D eigenvalue weighted by atomic mass is 19.1. The van der Waals surface area contributed by atoms with Crippen LogP contribution in [0, 0.1) is 28.8 Å². The zero-order valence-electron chi connectivity index (χ0n) is 11.1. The van der Waals surface area contributed by atoms with Gasteiger partial charge in [-0.25, -0.2) is 4.39 Å². The van der Waals surface area contributed by atoms with Gasteiger partial charge in [0.1, 0.15) is 5.82 Å². The quantitative estimate of drug-likeness (QED) is 0.471. The molecule has 7 heteroatoms. The Hall–Kier alpha value is -2.31. The van der Waals surface area contributed by atoms with Crippen LogP contribution in [0.25, 0.3) is 0 Å². The van der Waals surface area contributed by atoms with Gasteiger partial charge in [-0.15, -0.1) is 0 Å². The lowest BCUT2D eigenvalue weighted by atomic mass is 10.1. The van der Waals surface area contributed by atoms with Gasteiger partial charge in [-0.3, -0.25) is 24.6 Å². The molecular weight excluding hydrogens is 267 g/mol. The van der Waals surface area contributed by atoms with Crippen LogP contribution in [0.2, 0.25) is 0 Å². The molecule has 1 heterocycles. The third-order valence-electron chi connectivity index (χ3n) is 3.24. The zero-order chi connectivity index (χ0) is 15.0. The molecule has 1 aromatic rings. The highest BCUT2D eigenvalue weighted by Gasteiger charge is 2.34. The lowest BCUT2D eigenvalue weighted by molar-refractivity contribution is -0.385. The molecule has 0 spiro atoms. The summed E-state index contributed by atoms with van der Waals surface area (Å²) in [6, 6.07) is 1.93. The number of carbonyl (C=O) groups excluding carboxylic acids is 2. The van der Waals surface area contributed by atoms with Crippen molar-refractivity contribution in [1.82, 2.24) is 4.90 Å². The molecule has 106 valence electrons. The maximum Gasteiger partial charge on any atom is 0.270 e. The molecule has 2 rings (SSSR count). The van der Waals surface area contributed by atoms with Crippen molar-refractivity contribution in [2.75, 3.05) is 6.54 Å². The van der Waals surface area contributed by atoms with Gasteiger partial charge in [-0.1, -0.05) is 6.92 Å². The van der Waals surface area contributed by atoms with Gasteiger partial charge >= 0.3 is 0 Å². The van der Waals surface area contributed by atoms with Gasteiger partial charge in [0.25, 0.3) is 11.6 Å². The Morgan fingerprint density at radius 2 is 2.15 bits per heavy atom. The Labute approximate surface area is 114 Å². The molecule has 6 nitrogen and oxygen atoms in total. The van der Waals surface area contributed by atoms with Crippen LogP contribution in [0.4, 0.5) is 10.1 Å². The average molecular weight is 280 g/mol. The van der Waals surface area contributed by atoms with Crippen LogP contribution in [0.1, 0.15) is 29.3 Å². The lowest BCUT2D eigenvalue weighted by Gasteiger charge is -2.15. The van der Waals surface area contributed by atoms with Gasteiger partial charge in [0.2, 0.25) is 5.91 Å². The van der Waals surface area contributed by atoms with E-state index in [-0.39, 0.29) is 36.0 Å². The number of hydrogen-bond acceptors (Lipinski definition) is 4. The first-order chi connectivity index (χ1) is 9.31. The van der Waals surface area contributed by atoms with E-state index in [1.165, 1.54) is 6.92 Å². The molecule has 0 radical (unpaired) electrons. The minimum absolute atomic E-state index is 0.00208. The van der Waals surface area contributed by atoms with Gasteiger partial charge in [0, 0.05) is 25.1 Å². The fourth-order valence-electron chi connectivity index (χ4n) is 2.24. The predicted octanol–water partition coefficient (Wildman–Crippen LogP) is 2.05. The number of rotatable bonds is 2. The van der Waals surface area contributed by atoms with Crippen LogP contribution in [0.15, 0.2) is 12.1 Å². The molecule has 20 heavy (non-hydrogen) atoms.